The Balaban J connectivity index is 1.91. The molecular weight excluding hydrogens is 899 g/mol. The maximum Gasteiger partial charge on any atom is 0.341 e. The summed E-state index contributed by atoms with van der Waals surface area (Å²) in [5.41, 5.74) is 1.26. The number of rotatable bonds is 45. The number of amides is 2. The molecule has 0 saturated heterocycles. The monoisotopic (exact) mass is 1000 g/mol. The summed E-state index contributed by atoms with van der Waals surface area (Å²) in [4.78, 5) is 71.4. The van der Waals surface area contributed by atoms with Crippen LogP contribution >= 0.6 is 11.3 Å². The first kappa shape index (κ1) is 63.1. The number of hydrogen-bond acceptors (Lipinski definition) is 10. The summed E-state index contributed by atoms with van der Waals surface area (Å²) in [5.74, 6) is -0.829. The van der Waals surface area contributed by atoms with Crippen molar-refractivity contribution in [2.45, 2.75) is 271 Å². The second kappa shape index (κ2) is 41.5. The summed E-state index contributed by atoms with van der Waals surface area (Å²) in [5, 5.41) is 3.52. The number of nitrogens with one attached hydrogen (secondary N) is 1. The summed E-state index contributed by atoms with van der Waals surface area (Å²) in [6.07, 6.45) is 35.6. The Morgan fingerprint density at radius 2 is 1.09 bits per heavy atom. The molecule has 2 rings (SSSR count). The van der Waals surface area contributed by atoms with E-state index in [0.717, 1.165) is 74.8 Å². The Labute approximate surface area is 431 Å². The molecule has 0 fully saturated rings. The summed E-state index contributed by atoms with van der Waals surface area (Å²) >= 11 is 1.36. The van der Waals surface area contributed by atoms with Gasteiger partial charge >= 0.3 is 17.9 Å². The zero-order valence-electron chi connectivity index (χ0n) is 45.7. The fourth-order valence-electron chi connectivity index (χ4n) is 9.47. The number of nitrogens with zero attached hydrogens (tertiary/aromatic N) is 2. The van der Waals surface area contributed by atoms with Crippen LogP contribution in [0.25, 0.3) is 0 Å². The molecule has 1 atom stereocenters. The van der Waals surface area contributed by atoms with Gasteiger partial charge in [-0.1, -0.05) is 156 Å². The molecule has 0 aromatic carbocycles. The summed E-state index contributed by atoms with van der Waals surface area (Å²) < 4.78 is 17.6. The Morgan fingerprint density at radius 3 is 1.67 bits per heavy atom. The summed E-state index contributed by atoms with van der Waals surface area (Å²) in [7, 11) is 3.96. The highest BCUT2D eigenvalue weighted by molar-refractivity contribution is 7.17. The zero-order chi connectivity index (χ0) is 51.0. The fraction of sp³-hybridized carbons (Fsp3) is 0.845. The first-order chi connectivity index (χ1) is 34.0. The van der Waals surface area contributed by atoms with Crippen LogP contribution in [0.15, 0.2) is 0 Å². The minimum atomic E-state index is -0.443. The largest absolute Gasteiger partial charge is 0.465 e. The number of unbranched alkanes of at least 4 members (excludes halogenated alkanes) is 21. The van der Waals surface area contributed by atoms with Gasteiger partial charge in [0.25, 0.3) is 0 Å². The average Bonchev–Trinajstić information content (AvgIpc) is 3.70. The van der Waals surface area contributed by atoms with Gasteiger partial charge in [-0.15, -0.1) is 11.3 Å². The number of thiophene rings is 1. The predicted octanol–water partition coefficient (Wildman–Crippen LogP) is 15.1. The van der Waals surface area contributed by atoms with Gasteiger partial charge in [-0.3, -0.25) is 19.2 Å². The van der Waals surface area contributed by atoms with E-state index in [0.29, 0.717) is 81.6 Å². The lowest BCUT2D eigenvalue weighted by molar-refractivity contribution is -0.150. The number of hydrogen-bond donors (Lipinski definition) is 1. The molecule has 1 unspecified atom stereocenters. The first-order valence-corrected chi connectivity index (χ1v) is 29.8. The first-order valence-electron chi connectivity index (χ1n) is 28.9. The smallest absolute Gasteiger partial charge is 0.341 e. The normalized spacial score (nSPS) is 12.9. The van der Waals surface area contributed by atoms with Gasteiger partial charge in [0.1, 0.15) is 11.1 Å². The van der Waals surface area contributed by atoms with E-state index in [9.17, 15) is 24.0 Å². The van der Waals surface area contributed by atoms with Gasteiger partial charge in [0.15, 0.2) is 0 Å². The molecule has 1 N–H and O–H groups in total. The highest BCUT2D eigenvalue weighted by atomic mass is 32.1. The molecule has 1 aromatic rings. The van der Waals surface area contributed by atoms with Gasteiger partial charge < -0.3 is 29.3 Å². The molecular formula is C58H103N3O8S. The molecule has 1 aromatic heterocycles. The van der Waals surface area contributed by atoms with Crippen molar-refractivity contribution in [3.63, 3.8) is 0 Å². The second-order valence-corrected chi connectivity index (χ2v) is 21.7. The van der Waals surface area contributed by atoms with E-state index in [1.165, 1.54) is 127 Å². The van der Waals surface area contributed by atoms with Gasteiger partial charge in [0.2, 0.25) is 11.8 Å². The van der Waals surface area contributed by atoms with Gasteiger partial charge in [-0.2, -0.15) is 0 Å². The average molecular weight is 1000 g/mol. The minimum Gasteiger partial charge on any atom is -0.465 e. The molecule has 70 heavy (non-hydrogen) atoms. The fourth-order valence-corrected chi connectivity index (χ4v) is 10.7. The lowest BCUT2D eigenvalue weighted by Crippen LogP contribution is -2.35. The Hall–Kier alpha value is -2.99. The van der Waals surface area contributed by atoms with Crippen LogP contribution in [0.2, 0.25) is 0 Å². The third kappa shape index (κ3) is 29.5. The van der Waals surface area contributed by atoms with Crippen molar-refractivity contribution in [1.29, 1.82) is 0 Å². The van der Waals surface area contributed by atoms with E-state index in [4.69, 9.17) is 14.2 Å². The zero-order valence-corrected chi connectivity index (χ0v) is 46.5. The molecule has 0 saturated carbocycles. The van der Waals surface area contributed by atoms with Crippen LogP contribution in [0.4, 0.5) is 5.00 Å². The molecule has 2 heterocycles. The van der Waals surface area contributed by atoms with E-state index >= 15 is 0 Å². The Morgan fingerprint density at radius 1 is 0.586 bits per heavy atom. The maximum absolute atomic E-state index is 13.6. The van der Waals surface area contributed by atoms with E-state index in [2.05, 4.69) is 33.0 Å². The van der Waals surface area contributed by atoms with E-state index in [-0.39, 0.29) is 48.8 Å². The third-order valence-corrected chi connectivity index (χ3v) is 15.0. The van der Waals surface area contributed by atoms with Crippen LogP contribution in [0.1, 0.15) is 273 Å². The third-order valence-electron chi connectivity index (χ3n) is 13.9. The Kier molecular flexibility index (Phi) is 37.4. The van der Waals surface area contributed by atoms with Gasteiger partial charge in [-0.25, -0.2) is 4.79 Å². The standard InChI is InChI=1S/C58H103N3O8S/c1-7-11-15-19-22-26-35-48(36-27-23-20-16-12-8-2)57(65)67-45-33-25-30-39-52(62)59-56-55(58(66)68-46-34-43-60(5)6)50-42-44-61(47-51(50)70-56)53(63)40-31-32-41-54(64)69-49(37-28-18-14-10-4)38-29-24-21-17-13-9-3/h48-49H,7-47H2,1-6H3,(H,59,62). The van der Waals surface area contributed by atoms with Gasteiger partial charge in [0, 0.05) is 37.2 Å². The summed E-state index contributed by atoms with van der Waals surface area (Å²) in [6, 6.07) is 0. The molecule has 1 aliphatic heterocycles. The van der Waals surface area contributed by atoms with E-state index in [1.807, 2.05) is 23.9 Å². The molecule has 0 bridgehead atoms. The topological polar surface area (TPSA) is 132 Å². The Bertz CT molecular complexity index is 1530. The molecule has 1 aliphatic rings. The van der Waals surface area contributed by atoms with Crippen LogP contribution in [-0.2, 0) is 46.4 Å². The molecule has 0 radical (unpaired) electrons. The van der Waals surface area contributed by atoms with Crippen molar-refractivity contribution in [2.75, 3.05) is 45.7 Å². The van der Waals surface area contributed by atoms with Crippen LogP contribution in [0.3, 0.4) is 0 Å². The quantitative estimate of drug-likeness (QED) is 0.0385. The lowest BCUT2D eigenvalue weighted by atomic mass is 9.94. The van der Waals surface area contributed by atoms with Crippen LogP contribution in [0, 0.1) is 5.92 Å². The number of fused-ring (bicyclic) bond motifs is 1. The second-order valence-electron chi connectivity index (χ2n) is 20.6. The molecule has 404 valence electrons. The van der Waals surface area contributed by atoms with Crippen molar-refractivity contribution in [1.82, 2.24) is 9.80 Å². The summed E-state index contributed by atoms with van der Waals surface area (Å²) in [6.45, 7) is 11.2. The minimum absolute atomic E-state index is 0.0135. The van der Waals surface area contributed by atoms with Gasteiger partial charge in [0.05, 0.1) is 31.2 Å². The lowest BCUT2D eigenvalue weighted by Gasteiger charge is -2.27. The maximum atomic E-state index is 13.6. The number of anilines is 1. The molecule has 2 amide bonds. The van der Waals surface area contributed by atoms with E-state index < -0.39 is 5.97 Å². The van der Waals surface area contributed by atoms with Gasteiger partial charge in [-0.05, 0) is 103 Å². The highest BCUT2D eigenvalue weighted by Gasteiger charge is 2.31. The molecule has 12 heteroatoms. The van der Waals surface area contributed by atoms with Crippen LogP contribution < -0.4 is 5.32 Å². The molecule has 0 aliphatic carbocycles. The van der Waals surface area contributed by atoms with Crippen molar-refractivity contribution < 1.29 is 38.2 Å². The van der Waals surface area contributed by atoms with Crippen molar-refractivity contribution >= 4 is 46.1 Å². The predicted molar refractivity (Wildman–Crippen MR) is 290 cm³/mol. The number of carbonyl (C=O) groups excluding carboxylic acids is 5. The number of esters is 3. The van der Waals surface area contributed by atoms with Crippen molar-refractivity contribution in [3.8, 4) is 0 Å². The van der Waals surface area contributed by atoms with Crippen molar-refractivity contribution in [3.05, 3.63) is 16.0 Å². The van der Waals surface area contributed by atoms with E-state index in [1.54, 1.807) is 0 Å². The number of carbonyl (C=O) groups is 5. The van der Waals surface area contributed by atoms with Crippen LogP contribution in [0.5, 0.6) is 0 Å². The van der Waals surface area contributed by atoms with Crippen LogP contribution in [-0.4, -0.2) is 86.0 Å². The van der Waals surface area contributed by atoms with Crippen molar-refractivity contribution in [2.24, 2.45) is 5.92 Å². The highest BCUT2D eigenvalue weighted by Crippen LogP contribution is 2.38. The number of ether oxygens (including phenoxy) is 3. The molecule has 11 nitrogen and oxygen atoms in total. The molecule has 0 spiro atoms. The SMILES string of the molecule is CCCCCCCCC(CCCCCC)OC(=O)CCCCC(=O)N1CCc2c(sc(NC(=O)CCCCCOC(=O)C(CCCCCCCC)CCCCCCCC)c2C(=O)OCCCN(C)C)C1.